The molecule has 4 aliphatic carbocycles. The first-order valence-corrected chi connectivity index (χ1v) is 24.1. The highest BCUT2D eigenvalue weighted by Gasteiger charge is 2.68. The molecule has 0 radical (unpaired) electrons. The van der Waals surface area contributed by atoms with Crippen LogP contribution in [0.25, 0.3) is 0 Å². The average molecular weight is 780 g/mol. The molecule has 5 fully saturated rings. The summed E-state index contributed by atoms with van der Waals surface area (Å²) in [6.45, 7) is 17.9. The summed E-state index contributed by atoms with van der Waals surface area (Å²) < 4.78 is 19.8. The van der Waals surface area contributed by atoms with Gasteiger partial charge in [0.25, 0.3) is 0 Å². The normalized spacial score (nSPS) is 40.7. The van der Waals surface area contributed by atoms with Gasteiger partial charge in [-0.2, -0.15) is 0 Å². The Bertz CT molecular complexity index is 1130. The zero-order valence-electron chi connectivity index (χ0n) is 33.4. The molecule has 0 amide bonds. The first-order chi connectivity index (χ1) is 23.5. The number of ether oxygens (including phenoxy) is 3. The van der Waals surface area contributed by atoms with Gasteiger partial charge in [0.1, 0.15) is 6.10 Å². The van der Waals surface area contributed by atoms with Crippen LogP contribution in [0.1, 0.15) is 164 Å². The minimum Gasteiger partial charge on any atom is -1.00 e. The van der Waals surface area contributed by atoms with Crippen LogP contribution in [0, 0.1) is 46.3 Å². The van der Waals surface area contributed by atoms with E-state index in [0.717, 1.165) is 50.0 Å². The third-order valence-electron chi connectivity index (χ3n) is 15.8. The number of unbranched alkanes of at least 4 members (excludes halogenated alkanes) is 4. The largest absolute Gasteiger partial charge is 1.00 e. The highest BCUT2D eigenvalue weighted by molar-refractivity contribution is 7.75. The maximum atomic E-state index is 13.2. The predicted molar refractivity (Wildman–Crippen MR) is 207 cm³/mol. The van der Waals surface area contributed by atoms with Gasteiger partial charge in [0.15, 0.2) is 5.79 Å². The van der Waals surface area contributed by atoms with Crippen LogP contribution < -0.4 is 17.0 Å². The molecule has 6 rings (SSSR count). The van der Waals surface area contributed by atoms with Gasteiger partial charge in [-0.15, -0.1) is 0 Å². The lowest BCUT2D eigenvalue weighted by Gasteiger charge is -2.58. The standard InChI is InChI=1S/C44H76O4P.BrH/c1-8-11-25-49(26-12-9-2,27-13-10-3)28-15-14-16-40(45)47-35-20-22-42(6)34(29-35)17-18-36-37(42)21-23-43(7)38(36)30-39-41(43)33(5)44(48-39)24-19-32(4)31-46-44;/h17,32-33,35-39,41H,8-16,18-31H2,1-7H3;1H/q+1;/p-1/t32-,33+,35+,36-,37+,38+,39+,41+,42+,43+,44-;/m1./s1. The fourth-order valence-corrected chi connectivity index (χ4v) is 18.1. The summed E-state index contributed by atoms with van der Waals surface area (Å²) >= 11 is 0. The Hall–Kier alpha value is 0.0400. The number of halogens is 1. The Morgan fingerprint density at radius 2 is 1.56 bits per heavy atom. The lowest BCUT2D eigenvalue weighted by Crippen LogP contribution is -3.00. The molecule has 2 saturated heterocycles. The van der Waals surface area contributed by atoms with E-state index in [1.54, 1.807) is 5.57 Å². The molecule has 2 aliphatic heterocycles. The average Bonchev–Trinajstić information content (AvgIpc) is 3.54. The Labute approximate surface area is 319 Å². The monoisotopic (exact) mass is 778 g/mol. The molecule has 0 aromatic rings. The number of esters is 1. The van der Waals surface area contributed by atoms with Crippen LogP contribution in [0.3, 0.4) is 0 Å². The molecule has 0 bridgehead atoms. The molecule has 11 atom stereocenters. The number of carbonyl (C=O) groups excluding carboxylic acids is 1. The zero-order chi connectivity index (χ0) is 34.9. The van der Waals surface area contributed by atoms with E-state index in [1.807, 2.05) is 0 Å². The van der Waals surface area contributed by atoms with Gasteiger partial charge < -0.3 is 31.2 Å². The van der Waals surface area contributed by atoms with E-state index in [-0.39, 0.29) is 40.3 Å². The van der Waals surface area contributed by atoms with Crippen molar-refractivity contribution in [3.05, 3.63) is 11.6 Å². The third-order valence-corrected chi connectivity index (χ3v) is 20.9. The van der Waals surface area contributed by atoms with Crippen LogP contribution in [0.2, 0.25) is 0 Å². The first kappa shape index (κ1) is 41.2. The van der Waals surface area contributed by atoms with Crippen LogP contribution in [0.5, 0.6) is 0 Å². The van der Waals surface area contributed by atoms with Crippen LogP contribution in [-0.2, 0) is 19.0 Å². The van der Waals surface area contributed by atoms with Crippen molar-refractivity contribution in [2.24, 2.45) is 46.3 Å². The second-order valence-electron chi connectivity index (χ2n) is 18.9. The molecule has 50 heavy (non-hydrogen) atoms. The van der Waals surface area contributed by atoms with Crippen LogP contribution >= 0.6 is 7.26 Å². The molecule has 2 heterocycles. The van der Waals surface area contributed by atoms with E-state index in [4.69, 9.17) is 14.2 Å². The molecular weight excluding hydrogens is 703 g/mol. The van der Waals surface area contributed by atoms with Gasteiger partial charge >= 0.3 is 5.97 Å². The highest BCUT2D eigenvalue weighted by atomic mass is 79.9. The summed E-state index contributed by atoms with van der Waals surface area (Å²) in [5.41, 5.74) is 2.24. The van der Waals surface area contributed by atoms with E-state index < -0.39 is 7.26 Å². The van der Waals surface area contributed by atoms with Gasteiger partial charge in [-0.25, -0.2) is 0 Å². The molecule has 288 valence electrons. The summed E-state index contributed by atoms with van der Waals surface area (Å²) in [4.78, 5) is 13.2. The first-order valence-electron chi connectivity index (χ1n) is 21.6. The second kappa shape index (κ2) is 17.2. The maximum absolute atomic E-state index is 13.2. The van der Waals surface area contributed by atoms with E-state index in [9.17, 15) is 4.79 Å². The number of allylic oxidation sites excluding steroid dienone is 1. The van der Waals surface area contributed by atoms with Crippen LogP contribution in [-0.4, -0.2) is 55.2 Å². The molecule has 0 aromatic heterocycles. The predicted octanol–water partition coefficient (Wildman–Crippen LogP) is 8.86. The van der Waals surface area contributed by atoms with Gasteiger partial charge in [0.2, 0.25) is 0 Å². The van der Waals surface area contributed by atoms with E-state index >= 15 is 0 Å². The molecular formula is C44H76BrO4P. The molecule has 4 nitrogen and oxygen atoms in total. The van der Waals surface area contributed by atoms with Crippen molar-refractivity contribution in [2.45, 2.75) is 182 Å². The molecule has 0 unspecified atom stereocenters. The van der Waals surface area contributed by atoms with E-state index in [2.05, 4.69) is 54.5 Å². The SMILES string of the molecule is CCCC[P+](CCCC)(CCCC)CCCCC(=O)O[C@H]1CC[C@@]2(C)C(=CC[C@H]3[C@@H]4C[C@@H]5O[C@]6(CC[C@@H](C)CO6)[C@@H](C)[C@@H]5[C@@]4(C)CC[C@@H]32)C1.[Br-]. The van der Waals surface area contributed by atoms with Crippen molar-refractivity contribution in [3.63, 3.8) is 0 Å². The Morgan fingerprint density at radius 1 is 0.880 bits per heavy atom. The van der Waals surface area contributed by atoms with Crippen molar-refractivity contribution in [1.82, 2.24) is 0 Å². The third kappa shape index (κ3) is 8.03. The summed E-state index contributed by atoms with van der Waals surface area (Å²) in [7, 11) is -0.879. The van der Waals surface area contributed by atoms with Crippen LogP contribution in [0.4, 0.5) is 0 Å². The molecule has 0 N–H and O–H groups in total. The number of hydrogen-bond donors (Lipinski definition) is 0. The summed E-state index contributed by atoms with van der Waals surface area (Å²) in [5, 5.41) is 0. The number of carbonyl (C=O) groups is 1. The molecule has 6 aliphatic rings. The number of rotatable bonds is 15. The number of fused-ring (bicyclic) bond motifs is 7. The fourth-order valence-electron chi connectivity index (χ4n) is 12.9. The van der Waals surface area contributed by atoms with E-state index in [0.29, 0.717) is 35.7 Å². The second-order valence-corrected chi connectivity index (χ2v) is 23.4. The maximum Gasteiger partial charge on any atom is 0.306 e. The van der Waals surface area contributed by atoms with Crippen molar-refractivity contribution in [3.8, 4) is 0 Å². The molecule has 0 aromatic carbocycles. The smallest absolute Gasteiger partial charge is 0.306 e. The number of hydrogen-bond acceptors (Lipinski definition) is 4. The molecule has 3 saturated carbocycles. The van der Waals surface area contributed by atoms with Gasteiger partial charge in [0, 0.05) is 32.4 Å². The Kier molecular flexibility index (Phi) is 14.2. The highest BCUT2D eigenvalue weighted by Crippen LogP contribution is 2.70. The van der Waals surface area contributed by atoms with Crippen LogP contribution in [0.15, 0.2) is 11.6 Å². The molecule has 1 spiro atoms. The summed E-state index contributed by atoms with van der Waals surface area (Å²) in [6, 6.07) is 0. The minimum absolute atomic E-state index is 0. The summed E-state index contributed by atoms with van der Waals surface area (Å²) in [6.07, 6.45) is 30.5. The quantitative estimate of drug-likeness (QED) is 0.0722. The van der Waals surface area contributed by atoms with Gasteiger partial charge in [-0.05, 0) is 117 Å². The topological polar surface area (TPSA) is 44.8 Å². The summed E-state index contributed by atoms with van der Waals surface area (Å²) in [5.74, 6) is 3.78. The van der Waals surface area contributed by atoms with Crippen molar-refractivity contribution in [1.29, 1.82) is 0 Å². The lowest BCUT2D eigenvalue weighted by atomic mass is 9.47. The Morgan fingerprint density at radius 3 is 2.20 bits per heavy atom. The zero-order valence-corrected chi connectivity index (χ0v) is 35.9. The lowest BCUT2D eigenvalue weighted by molar-refractivity contribution is -0.272. The fraction of sp³-hybridized carbons (Fsp3) is 0.932. The van der Waals surface area contributed by atoms with Gasteiger partial charge in [-0.3, -0.25) is 4.79 Å². The van der Waals surface area contributed by atoms with E-state index in [1.165, 1.54) is 108 Å². The van der Waals surface area contributed by atoms with Crippen molar-refractivity contribution >= 4 is 13.2 Å². The Balaban J connectivity index is 0.00000486. The van der Waals surface area contributed by atoms with Gasteiger partial charge in [-0.1, -0.05) is 79.4 Å². The van der Waals surface area contributed by atoms with Crippen molar-refractivity contribution in [2.75, 3.05) is 31.3 Å². The van der Waals surface area contributed by atoms with Gasteiger partial charge in [0.05, 0.1) is 37.4 Å². The minimum atomic E-state index is -0.879. The van der Waals surface area contributed by atoms with Crippen molar-refractivity contribution < 1.29 is 36.0 Å². The molecule has 6 heteroatoms.